The van der Waals surface area contributed by atoms with Crippen LogP contribution in [-0.4, -0.2) is 47.5 Å². The fourth-order valence-corrected chi connectivity index (χ4v) is 2.98. The van der Waals surface area contributed by atoms with Gasteiger partial charge in [0.1, 0.15) is 11.6 Å². The van der Waals surface area contributed by atoms with E-state index in [4.69, 9.17) is 4.74 Å². The molecule has 1 N–H and O–H groups in total. The average molecular weight is 326 g/mol. The molecule has 126 valence electrons. The van der Waals surface area contributed by atoms with Gasteiger partial charge in [-0.25, -0.2) is 4.98 Å². The Bertz CT molecular complexity index is 678. The van der Waals surface area contributed by atoms with Crippen molar-refractivity contribution in [2.24, 2.45) is 0 Å². The van der Waals surface area contributed by atoms with Crippen LogP contribution >= 0.6 is 0 Å². The van der Waals surface area contributed by atoms with Crippen molar-refractivity contribution in [3.05, 3.63) is 48.4 Å². The Labute approximate surface area is 141 Å². The fourth-order valence-electron chi connectivity index (χ4n) is 2.98. The lowest BCUT2D eigenvalue weighted by Gasteiger charge is -2.33. The Kier molecular flexibility index (Phi) is 5.25. The van der Waals surface area contributed by atoms with Gasteiger partial charge in [-0.2, -0.15) is 0 Å². The number of pyridine rings is 2. The second-order valence-electron chi connectivity index (χ2n) is 5.88. The van der Waals surface area contributed by atoms with Crippen LogP contribution in [0.2, 0.25) is 0 Å². The SMILES string of the molecule is CNc1cc([C@H]2CCCN(C(=O)COc3cccnc3)C2)ccn1. The number of carbonyl (C=O) groups is 1. The van der Waals surface area contributed by atoms with Crippen molar-refractivity contribution in [3.8, 4) is 5.75 Å². The van der Waals surface area contributed by atoms with Crippen LogP contribution in [0.25, 0.3) is 0 Å². The highest BCUT2D eigenvalue weighted by Gasteiger charge is 2.25. The summed E-state index contributed by atoms with van der Waals surface area (Å²) in [6.07, 6.45) is 7.19. The molecule has 0 aliphatic carbocycles. The summed E-state index contributed by atoms with van der Waals surface area (Å²) < 4.78 is 5.52. The molecule has 24 heavy (non-hydrogen) atoms. The van der Waals surface area contributed by atoms with Gasteiger partial charge in [-0.1, -0.05) is 0 Å². The predicted octanol–water partition coefficient (Wildman–Crippen LogP) is 2.30. The van der Waals surface area contributed by atoms with E-state index in [1.54, 1.807) is 24.5 Å². The third-order valence-electron chi connectivity index (χ3n) is 4.28. The maximum Gasteiger partial charge on any atom is 0.260 e. The van der Waals surface area contributed by atoms with Gasteiger partial charge in [0.2, 0.25) is 0 Å². The summed E-state index contributed by atoms with van der Waals surface area (Å²) in [5.41, 5.74) is 1.22. The normalized spacial score (nSPS) is 17.4. The number of piperidine rings is 1. The Morgan fingerprint density at radius 2 is 2.33 bits per heavy atom. The molecule has 6 heteroatoms. The molecule has 1 aliphatic heterocycles. The van der Waals surface area contributed by atoms with Gasteiger partial charge in [0.25, 0.3) is 5.91 Å². The number of anilines is 1. The van der Waals surface area contributed by atoms with Gasteiger partial charge in [0.05, 0.1) is 6.20 Å². The quantitative estimate of drug-likeness (QED) is 0.913. The fraction of sp³-hybridized carbons (Fsp3) is 0.389. The van der Waals surface area contributed by atoms with Crippen molar-refractivity contribution in [1.82, 2.24) is 14.9 Å². The molecular formula is C18H22N4O2. The first-order valence-electron chi connectivity index (χ1n) is 8.20. The molecule has 0 spiro atoms. The van der Waals surface area contributed by atoms with Crippen LogP contribution in [0.3, 0.4) is 0 Å². The van der Waals surface area contributed by atoms with E-state index in [0.29, 0.717) is 11.7 Å². The Hall–Kier alpha value is -2.63. The molecule has 2 aromatic heterocycles. The lowest BCUT2D eigenvalue weighted by atomic mass is 9.91. The molecule has 2 aromatic rings. The minimum Gasteiger partial charge on any atom is -0.482 e. The van der Waals surface area contributed by atoms with Crippen LogP contribution in [0, 0.1) is 0 Å². The van der Waals surface area contributed by atoms with Crippen LogP contribution in [0.1, 0.15) is 24.3 Å². The number of amides is 1. The highest BCUT2D eigenvalue weighted by molar-refractivity contribution is 5.78. The molecule has 3 heterocycles. The van der Waals surface area contributed by atoms with E-state index in [2.05, 4.69) is 21.4 Å². The third-order valence-corrected chi connectivity index (χ3v) is 4.28. The molecule has 0 aromatic carbocycles. The number of ether oxygens (including phenoxy) is 1. The summed E-state index contributed by atoms with van der Waals surface area (Å²) in [6, 6.07) is 7.69. The summed E-state index contributed by atoms with van der Waals surface area (Å²) in [7, 11) is 1.86. The monoisotopic (exact) mass is 326 g/mol. The van der Waals surface area contributed by atoms with Gasteiger partial charge >= 0.3 is 0 Å². The van der Waals surface area contributed by atoms with Crippen molar-refractivity contribution < 1.29 is 9.53 Å². The number of nitrogens with zero attached hydrogens (tertiary/aromatic N) is 3. The smallest absolute Gasteiger partial charge is 0.260 e. The highest BCUT2D eigenvalue weighted by atomic mass is 16.5. The van der Waals surface area contributed by atoms with E-state index in [0.717, 1.165) is 31.7 Å². The van der Waals surface area contributed by atoms with Gasteiger partial charge in [0, 0.05) is 38.4 Å². The molecule has 6 nitrogen and oxygen atoms in total. The molecule has 0 saturated carbocycles. The maximum atomic E-state index is 12.4. The van der Waals surface area contributed by atoms with E-state index >= 15 is 0 Å². The van der Waals surface area contributed by atoms with E-state index < -0.39 is 0 Å². The van der Waals surface area contributed by atoms with Crippen LogP contribution in [0.5, 0.6) is 5.75 Å². The van der Waals surface area contributed by atoms with E-state index in [1.165, 1.54) is 5.56 Å². The van der Waals surface area contributed by atoms with Crippen LogP contribution < -0.4 is 10.1 Å². The molecule has 1 saturated heterocycles. The Balaban J connectivity index is 1.59. The molecule has 0 radical (unpaired) electrons. The van der Waals surface area contributed by atoms with Gasteiger partial charge < -0.3 is 15.0 Å². The van der Waals surface area contributed by atoms with Crippen LogP contribution in [0.4, 0.5) is 5.82 Å². The number of nitrogens with one attached hydrogen (secondary N) is 1. The van der Waals surface area contributed by atoms with Gasteiger partial charge in [-0.05, 0) is 42.7 Å². The summed E-state index contributed by atoms with van der Waals surface area (Å²) in [5, 5.41) is 3.06. The van der Waals surface area contributed by atoms with E-state index in [9.17, 15) is 4.79 Å². The number of hydrogen-bond acceptors (Lipinski definition) is 5. The zero-order valence-corrected chi connectivity index (χ0v) is 13.8. The maximum absolute atomic E-state index is 12.4. The number of aromatic nitrogens is 2. The average Bonchev–Trinajstić information content (AvgIpc) is 2.67. The zero-order chi connectivity index (χ0) is 16.8. The van der Waals surface area contributed by atoms with Crippen molar-refractivity contribution in [3.63, 3.8) is 0 Å². The largest absolute Gasteiger partial charge is 0.482 e. The summed E-state index contributed by atoms with van der Waals surface area (Å²) in [4.78, 5) is 22.6. The van der Waals surface area contributed by atoms with Crippen molar-refractivity contribution in [1.29, 1.82) is 0 Å². The van der Waals surface area contributed by atoms with Crippen molar-refractivity contribution in [2.75, 3.05) is 32.1 Å². The second-order valence-corrected chi connectivity index (χ2v) is 5.88. The predicted molar refractivity (Wildman–Crippen MR) is 92.1 cm³/mol. The minimum atomic E-state index is 0.0199. The Morgan fingerprint density at radius 1 is 1.42 bits per heavy atom. The minimum absolute atomic E-state index is 0.0199. The first kappa shape index (κ1) is 16.2. The standard InChI is InChI=1S/C18H22N4O2/c1-19-17-10-14(6-8-21-17)15-4-3-9-22(12-15)18(23)13-24-16-5-2-7-20-11-16/h2,5-8,10-11,15H,3-4,9,12-13H2,1H3,(H,19,21)/t15-/m0/s1. The number of likely N-dealkylation sites (tertiary alicyclic amines) is 1. The molecule has 1 amide bonds. The van der Waals surface area contributed by atoms with Crippen LogP contribution in [-0.2, 0) is 4.79 Å². The molecule has 0 unspecified atom stereocenters. The Morgan fingerprint density at radius 3 is 3.12 bits per heavy atom. The van der Waals surface area contributed by atoms with Crippen LogP contribution in [0.15, 0.2) is 42.9 Å². The number of hydrogen-bond donors (Lipinski definition) is 1. The van der Waals surface area contributed by atoms with Crippen molar-refractivity contribution in [2.45, 2.75) is 18.8 Å². The lowest BCUT2D eigenvalue weighted by molar-refractivity contribution is -0.134. The third kappa shape index (κ3) is 4.01. The lowest BCUT2D eigenvalue weighted by Crippen LogP contribution is -2.41. The first-order valence-corrected chi connectivity index (χ1v) is 8.20. The molecule has 1 aliphatic rings. The number of carbonyl (C=O) groups excluding carboxylic acids is 1. The van der Waals surface area contributed by atoms with Crippen molar-refractivity contribution >= 4 is 11.7 Å². The summed E-state index contributed by atoms with van der Waals surface area (Å²) >= 11 is 0. The van der Waals surface area contributed by atoms with Gasteiger partial charge in [-0.3, -0.25) is 9.78 Å². The second kappa shape index (κ2) is 7.77. The molecule has 1 atom stereocenters. The molecule has 0 bridgehead atoms. The molecular weight excluding hydrogens is 304 g/mol. The van der Waals surface area contributed by atoms with E-state index in [1.807, 2.05) is 24.2 Å². The first-order chi connectivity index (χ1) is 11.8. The van der Waals surface area contributed by atoms with E-state index in [-0.39, 0.29) is 12.5 Å². The highest BCUT2D eigenvalue weighted by Crippen LogP contribution is 2.27. The summed E-state index contributed by atoms with van der Waals surface area (Å²) in [5.74, 6) is 1.84. The van der Waals surface area contributed by atoms with Gasteiger partial charge in [-0.15, -0.1) is 0 Å². The number of rotatable bonds is 5. The molecule has 3 rings (SSSR count). The zero-order valence-electron chi connectivity index (χ0n) is 13.8. The summed E-state index contributed by atoms with van der Waals surface area (Å²) in [6.45, 7) is 1.56. The van der Waals surface area contributed by atoms with Gasteiger partial charge in [0.15, 0.2) is 6.61 Å². The topological polar surface area (TPSA) is 67.4 Å². The molecule has 1 fully saturated rings.